The number of fused-ring (bicyclic) bond motifs is 1. The number of carbonyl (C=O) groups excluding carboxylic acids is 1. The van der Waals surface area contributed by atoms with Gasteiger partial charge in [-0.15, -0.1) is 5.10 Å². The quantitative estimate of drug-likeness (QED) is 0.260. The molecule has 0 radical (unpaired) electrons. The first kappa shape index (κ1) is 24.9. The molecular weight excluding hydrogens is 458 g/mol. The van der Waals surface area contributed by atoms with Gasteiger partial charge in [-0.3, -0.25) is 4.79 Å². The van der Waals surface area contributed by atoms with Gasteiger partial charge in [-0.05, 0) is 61.4 Å². The van der Waals surface area contributed by atoms with E-state index in [1.165, 1.54) is 0 Å². The summed E-state index contributed by atoms with van der Waals surface area (Å²) in [6.45, 7) is 8.87. The molecule has 0 fully saturated rings. The van der Waals surface area contributed by atoms with Gasteiger partial charge in [0.25, 0.3) is 5.91 Å². The number of nitrogens with one attached hydrogen (secondary N) is 2. The highest BCUT2D eigenvalue weighted by molar-refractivity contribution is 7.99. The van der Waals surface area contributed by atoms with Crippen LogP contribution in [-0.4, -0.2) is 33.0 Å². The molecule has 4 rings (SSSR count). The van der Waals surface area contributed by atoms with Crippen LogP contribution in [0.15, 0.2) is 65.0 Å². The molecule has 2 N–H and O–H groups in total. The molecule has 0 bridgehead atoms. The second-order valence-electron chi connectivity index (χ2n) is 8.61. The first-order chi connectivity index (χ1) is 17.0. The lowest BCUT2D eigenvalue weighted by atomic mass is 9.95. The molecule has 1 atom stereocenters. The van der Waals surface area contributed by atoms with Crippen LogP contribution in [0.5, 0.6) is 5.75 Å². The average Bonchev–Trinajstić information content (AvgIpc) is 3.23. The van der Waals surface area contributed by atoms with Crippen LogP contribution in [0, 0.1) is 6.92 Å². The molecular formula is C27H33N5O2S. The number of ether oxygens (including phenoxy) is 1. The highest BCUT2D eigenvalue weighted by Gasteiger charge is 2.34. The van der Waals surface area contributed by atoms with E-state index < -0.39 is 6.04 Å². The Kier molecular flexibility index (Phi) is 8.13. The van der Waals surface area contributed by atoms with Crippen molar-refractivity contribution in [3.05, 3.63) is 70.9 Å². The number of allylic oxidation sites excluding steroid dienone is 1. The van der Waals surface area contributed by atoms with Crippen molar-refractivity contribution in [2.24, 2.45) is 0 Å². The fourth-order valence-electron chi connectivity index (χ4n) is 4.13. The summed E-state index contributed by atoms with van der Waals surface area (Å²) in [4.78, 5) is 18.2. The Balaban J connectivity index is 1.66. The van der Waals surface area contributed by atoms with Crippen LogP contribution in [-0.2, 0) is 4.79 Å². The topological polar surface area (TPSA) is 81.1 Å². The zero-order valence-electron chi connectivity index (χ0n) is 20.8. The van der Waals surface area contributed by atoms with Crippen molar-refractivity contribution in [1.82, 2.24) is 14.8 Å². The first-order valence-electron chi connectivity index (χ1n) is 12.2. The van der Waals surface area contributed by atoms with Gasteiger partial charge in [0.2, 0.25) is 11.1 Å². The van der Waals surface area contributed by atoms with E-state index >= 15 is 0 Å². The van der Waals surface area contributed by atoms with Crippen molar-refractivity contribution >= 4 is 29.3 Å². The molecule has 1 aromatic heterocycles. The molecule has 184 valence electrons. The lowest BCUT2D eigenvalue weighted by Crippen LogP contribution is -2.31. The molecule has 1 unspecified atom stereocenters. The fourth-order valence-corrected chi connectivity index (χ4v) is 4.69. The second-order valence-corrected chi connectivity index (χ2v) is 9.84. The van der Waals surface area contributed by atoms with Crippen molar-refractivity contribution in [3.8, 4) is 5.75 Å². The highest BCUT2D eigenvalue weighted by atomic mass is 32.2. The van der Waals surface area contributed by atoms with Gasteiger partial charge in [0.15, 0.2) is 0 Å². The number of amides is 1. The number of nitrogens with zero attached hydrogens (tertiary/aromatic N) is 3. The lowest BCUT2D eigenvalue weighted by molar-refractivity contribution is -0.113. The lowest BCUT2D eigenvalue weighted by Gasteiger charge is -2.28. The molecule has 8 heteroatoms. The number of hydrogen-bond donors (Lipinski definition) is 2. The SMILES string of the molecule is CCCCCOc1ccc(C2C(C(=O)Nc3cccc(C)c3)=C(C)Nc3nc(SCC)nn32)cc1. The summed E-state index contributed by atoms with van der Waals surface area (Å²) < 4.78 is 7.71. The summed E-state index contributed by atoms with van der Waals surface area (Å²) in [5, 5.41) is 11.8. The number of anilines is 2. The van der Waals surface area contributed by atoms with Crippen LogP contribution in [0.4, 0.5) is 11.6 Å². The average molecular weight is 492 g/mol. The van der Waals surface area contributed by atoms with Crippen LogP contribution in [0.1, 0.15) is 57.2 Å². The van der Waals surface area contributed by atoms with Crippen molar-refractivity contribution in [3.63, 3.8) is 0 Å². The van der Waals surface area contributed by atoms with E-state index in [0.29, 0.717) is 23.3 Å². The summed E-state index contributed by atoms with van der Waals surface area (Å²) in [7, 11) is 0. The molecule has 0 aliphatic carbocycles. The highest BCUT2D eigenvalue weighted by Crippen LogP contribution is 2.37. The minimum atomic E-state index is -0.413. The van der Waals surface area contributed by atoms with E-state index in [0.717, 1.165) is 53.3 Å². The zero-order chi connectivity index (χ0) is 24.8. The molecule has 7 nitrogen and oxygen atoms in total. The summed E-state index contributed by atoms with van der Waals surface area (Å²) in [6.07, 6.45) is 3.36. The Hall–Kier alpha value is -3.26. The number of thioether (sulfide) groups is 1. The molecule has 1 aliphatic heterocycles. The smallest absolute Gasteiger partial charge is 0.255 e. The number of hydrogen-bond acceptors (Lipinski definition) is 6. The molecule has 2 aromatic carbocycles. The number of unbranched alkanes of at least 4 members (excludes halogenated alkanes) is 2. The number of aromatic nitrogens is 3. The Morgan fingerprint density at radius 2 is 1.94 bits per heavy atom. The minimum Gasteiger partial charge on any atom is -0.494 e. The number of carbonyl (C=O) groups is 1. The van der Waals surface area contributed by atoms with Crippen LogP contribution in [0.25, 0.3) is 0 Å². The summed E-state index contributed by atoms with van der Waals surface area (Å²) in [6, 6.07) is 15.3. The Labute approximate surface area is 211 Å². The van der Waals surface area contributed by atoms with Gasteiger partial charge >= 0.3 is 0 Å². The number of rotatable bonds is 10. The maximum Gasteiger partial charge on any atom is 0.255 e. The Morgan fingerprint density at radius 3 is 2.66 bits per heavy atom. The number of benzene rings is 2. The van der Waals surface area contributed by atoms with Gasteiger partial charge in [0, 0.05) is 11.4 Å². The largest absolute Gasteiger partial charge is 0.494 e. The van der Waals surface area contributed by atoms with Gasteiger partial charge in [-0.25, -0.2) is 4.68 Å². The normalized spacial score (nSPS) is 14.9. The molecule has 2 heterocycles. The molecule has 1 aliphatic rings. The molecule has 0 saturated carbocycles. The van der Waals surface area contributed by atoms with Gasteiger partial charge < -0.3 is 15.4 Å². The van der Waals surface area contributed by atoms with E-state index in [9.17, 15) is 4.79 Å². The molecule has 35 heavy (non-hydrogen) atoms. The van der Waals surface area contributed by atoms with E-state index in [2.05, 4.69) is 29.5 Å². The van der Waals surface area contributed by atoms with Crippen LogP contribution < -0.4 is 15.4 Å². The molecule has 0 spiro atoms. The van der Waals surface area contributed by atoms with Crippen molar-refractivity contribution < 1.29 is 9.53 Å². The van der Waals surface area contributed by atoms with Crippen LogP contribution in [0.3, 0.4) is 0 Å². The summed E-state index contributed by atoms with van der Waals surface area (Å²) in [5.74, 6) is 2.16. The molecule has 3 aromatic rings. The molecule has 1 amide bonds. The summed E-state index contributed by atoms with van der Waals surface area (Å²) >= 11 is 1.57. The van der Waals surface area contributed by atoms with Crippen molar-refractivity contribution in [2.45, 2.75) is 58.2 Å². The van der Waals surface area contributed by atoms with Gasteiger partial charge in [-0.1, -0.05) is 62.7 Å². The molecule has 0 saturated heterocycles. The van der Waals surface area contributed by atoms with E-state index in [1.54, 1.807) is 11.8 Å². The third-order valence-electron chi connectivity index (χ3n) is 5.84. The van der Waals surface area contributed by atoms with E-state index in [-0.39, 0.29) is 5.91 Å². The van der Waals surface area contributed by atoms with Gasteiger partial charge in [0.1, 0.15) is 11.8 Å². The predicted molar refractivity (Wildman–Crippen MR) is 142 cm³/mol. The first-order valence-corrected chi connectivity index (χ1v) is 13.2. The third kappa shape index (κ3) is 5.88. The third-order valence-corrected chi connectivity index (χ3v) is 6.56. The number of aryl methyl sites for hydroxylation is 1. The predicted octanol–water partition coefficient (Wildman–Crippen LogP) is 6.20. The standard InChI is InChI=1S/C27H33N5O2S/c1-5-7-8-16-34-22-14-12-20(13-15-22)24-23(25(33)29-21-11-9-10-18(3)17-21)19(4)28-26-30-27(35-6-2)31-32(24)26/h9-15,17,24H,5-8,16H2,1-4H3,(H,29,33)(H,28,30,31). The van der Waals surface area contributed by atoms with Crippen molar-refractivity contribution in [1.29, 1.82) is 0 Å². The van der Waals surface area contributed by atoms with E-state index in [1.807, 2.05) is 67.1 Å². The van der Waals surface area contributed by atoms with Crippen LogP contribution >= 0.6 is 11.8 Å². The van der Waals surface area contributed by atoms with Gasteiger partial charge in [0.05, 0.1) is 12.2 Å². The maximum absolute atomic E-state index is 13.6. The Morgan fingerprint density at radius 1 is 1.14 bits per heavy atom. The van der Waals surface area contributed by atoms with Gasteiger partial charge in [-0.2, -0.15) is 4.98 Å². The maximum atomic E-state index is 13.6. The van der Waals surface area contributed by atoms with E-state index in [4.69, 9.17) is 9.84 Å². The second kappa shape index (κ2) is 11.4. The minimum absolute atomic E-state index is 0.170. The monoisotopic (exact) mass is 491 g/mol. The fraction of sp³-hybridized carbons (Fsp3) is 0.370. The van der Waals surface area contributed by atoms with Crippen molar-refractivity contribution in [2.75, 3.05) is 23.0 Å². The zero-order valence-corrected chi connectivity index (χ0v) is 21.6. The van der Waals surface area contributed by atoms with Crippen LogP contribution in [0.2, 0.25) is 0 Å². The Bertz CT molecular complexity index is 1200. The summed E-state index contributed by atoms with van der Waals surface area (Å²) in [5.41, 5.74) is 4.15.